The molecular formula is C22H25FN4O2. The minimum absolute atomic E-state index is 0.143. The van der Waals surface area contributed by atoms with Crippen LogP contribution in [0.15, 0.2) is 47.4 Å². The number of benzene rings is 1. The van der Waals surface area contributed by atoms with Crippen LogP contribution in [0.25, 0.3) is 16.8 Å². The van der Waals surface area contributed by atoms with Gasteiger partial charge in [0.1, 0.15) is 11.5 Å². The smallest absolute Gasteiger partial charge is 0.259 e. The summed E-state index contributed by atoms with van der Waals surface area (Å²) in [5.74, 6) is 0.471. The van der Waals surface area contributed by atoms with Gasteiger partial charge in [-0.2, -0.15) is 0 Å². The Balaban J connectivity index is 1.64. The molecule has 3 heterocycles. The predicted octanol–water partition coefficient (Wildman–Crippen LogP) is 3.04. The van der Waals surface area contributed by atoms with Gasteiger partial charge >= 0.3 is 0 Å². The van der Waals surface area contributed by atoms with Gasteiger partial charge < -0.3 is 14.5 Å². The summed E-state index contributed by atoms with van der Waals surface area (Å²) in [6.07, 6.45) is 3.81. The molecule has 7 heteroatoms. The summed E-state index contributed by atoms with van der Waals surface area (Å²) in [5.41, 5.74) is 1.85. The first-order valence-corrected chi connectivity index (χ1v) is 9.75. The number of hydrogen-bond acceptors (Lipinski definition) is 5. The maximum Gasteiger partial charge on any atom is 0.259 e. The molecule has 1 fully saturated rings. The second kappa shape index (κ2) is 7.83. The van der Waals surface area contributed by atoms with Crippen molar-refractivity contribution >= 4 is 11.5 Å². The molecule has 1 saturated heterocycles. The zero-order valence-electron chi connectivity index (χ0n) is 16.9. The zero-order chi connectivity index (χ0) is 20.5. The number of hydrogen-bond donors (Lipinski definition) is 0. The van der Waals surface area contributed by atoms with Gasteiger partial charge in [-0.3, -0.25) is 9.20 Å². The third kappa shape index (κ3) is 3.82. The van der Waals surface area contributed by atoms with E-state index in [2.05, 4.69) is 23.9 Å². The van der Waals surface area contributed by atoms with E-state index in [4.69, 9.17) is 9.72 Å². The molecule has 1 aliphatic rings. The van der Waals surface area contributed by atoms with Crippen molar-refractivity contribution in [2.75, 3.05) is 39.2 Å². The standard InChI is InChI=1S/C22H25FN4O2/c1-25(2)17-8-10-26(11-9-17)21-13-22(28)27-14-16(5-7-20(27)24-21)15-4-6-19(29-3)18(23)12-15/h4-7,12-14,17H,8-11H2,1-3H3. The highest BCUT2D eigenvalue weighted by Crippen LogP contribution is 2.26. The van der Waals surface area contributed by atoms with Crippen molar-refractivity contribution in [1.82, 2.24) is 14.3 Å². The lowest BCUT2D eigenvalue weighted by Gasteiger charge is -2.35. The maximum absolute atomic E-state index is 14.1. The molecule has 3 aromatic rings. The van der Waals surface area contributed by atoms with E-state index in [0.717, 1.165) is 37.3 Å². The second-order valence-electron chi connectivity index (χ2n) is 7.63. The van der Waals surface area contributed by atoms with Gasteiger partial charge in [0.05, 0.1) is 7.11 Å². The normalized spacial score (nSPS) is 15.3. The van der Waals surface area contributed by atoms with Crippen LogP contribution in [0.3, 0.4) is 0 Å². The van der Waals surface area contributed by atoms with Crippen LogP contribution in [-0.2, 0) is 0 Å². The Morgan fingerprint density at radius 3 is 2.48 bits per heavy atom. The van der Waals surface area contributed by atoms with Crippen molar-refractivity contribution in [2.24, 2.45) is 0 Å². The van der Waals surface area contributed by atoms with E-state index in [1.54, 1.807) is 30.5 Å². The zero-order valence-corrected chi connectivity index (χ0v) is 16.9. The number of fused-ring (bicyclic) bond motifs is 1. The molecule has 1 aliphatic heterocycles. The molecular weight excluding hydrogens is 371 g/mol. The van der Waals surface area contributed by atoms with Gasteiger partial charge in [-0.1, -0.05) is 6.07 Å². The Hall–Kier alpha value is -2.93. The molecule has 0 aliphatic carbocycles. The van der Waals surface area contributed by atoms with E-state index in [9.17, 15) is 9.18 Å². The van der Waals surface area contributed by atoms with Crippen LogP contribution in [-0.4, -0.2) is 54.6 Å². The van der Waals surface area contributed by atoms with Crippen molar-refractivity contribution in [1.29, 1.82) is 0 Å². The van der Waals surface area contributed by atoms with E-state index in [1.807, 2.05) is 6.07 Å². The van der Waals surface area contributed by atoms with Gasteiger partial charge in [0.25, 0.3) is 5.56 Å². The number of aromatic nitrogens is 2. The molecule has 0 N–H and O–H groups in total. The molecule has 2 aromatic heterocycles. The molecule has 6 nitrogen and oxygen atoms in total. The lowest BCUT2D eigenvalue weighted by Crippen LogP contribution is -2.42. The van der Waals surface area contributed by atoms with E-state index >= 15 is 0 Å². The summed E-state index contributed by atoms with van der Waals surface area (Å²) >= 11 is 0. The monoisotopic (exact) mass is 396 g/mol. The van der Waals surface area contributed by atoms with Crippen molar-refractivity contribution < 1.29 is 9.13 Å². The molecule has 0 spiro atoms. The minimum Gasteiger partial charge on any atom is -0.494 e. The largest absolute Gasteiger partial charge is 0.494 e. The van der Waals surface area contributed by atoms with Crippen LogP contribution < -0.4 is 15.2 Å². The molecule has 29 heavy (non-hydrogen) atoms. The molecule has 152 valence electrons. The number of rotatable bonds is 4. The third-order valence-electron chi connectivity index (χ3n) is 5.65. The lowest BCUT2D eigenvalue weighted by atomic mass is 10.0. The number of methoxy groups -OCH3 is 1. The van der Waals surface area contributed by atoms with E-state index in [1.165, 1.54) is 17.6 Å². The molecule has 1 aromatic carbocycles. The summed E-state index contributed by atoms with van der Waals surface area (Å²) < 4.78 is 20.5. The number of anilines is 1. The average molecular weight is 396 g/mol. The summed E-state index contributed by atoms with van der Waals surface area (Å²) in [5, 5.41) is 0. The molecule has 0 atom stereocenters. The minimum atomic E-state index is -0.438. The SMILES string of the molecule is COc1ccc(-c2ccc3nc(N4CCC(N(C)C)CC4)cc(=O)n3c2)cc1F. The molecule has 0 radical (unpaired) electrons. The average Bonchev–Trinajstić information content (AvgIpc) is 2.73. The molecule has 0 unspecified atom stereocenters. The summed E-state index contributed by atoms with van der Waals surface area (Å²) in [6.45, 7) is 1.77. The number of ether oxygens (including phenoxy) is 1. The van der Waals surface area contributed by atoms with Crippen molar-refractivity contribution in [3.05, 3.63) is 58.8 Å². The van der Waals surface area contributed by atoms with Crippen LogP contribution in [0.2, 0.25) is 0 Å². The topological polar surface area (TPSA) is 50.1 Å². The fourth-order valence-corrected chi connectivity index (χ4v) is 3.88. The number of nitrogens with zero attached hydrogens (tertiary/aromatic N) is 4. The van der Waals surface area contributed by atoms with Crippen molar-refractivity contribution in [2.45, 2.75) is 18.9 Å². The van der Waals surface area contributed by atoms with Crippen molar-refractivity contribution in [3.8, 4) is 16.9 Å². The van der Waals surface area contributed by atoms with Crippen LogP contribution in [0.4, 0.5) is 10.2 Å². The molecule has 0 bridgehead atoms. The van der Waals surface area contributed by atoms with Gasteiger partial charge in [-0.15, -0.1) is 0 Å². The van der Waals surface area contributed by atoms with E-state index in [0.29, 0.717) is 17.3 Å². The van der Waals surface area contributed by atoms with Gasteiger partial charge in [-0.25, -0.2) is 9.37 Å². The fraction of sp³-hybridized carbons (Fsp3) is 0.364. The number of halogens is 1. The number of pyridine rings is 1. The Morgan fingerprint density at radius 2 is 1.83 bits per heavy atom. The first-order chi connectivity index (χ1) is 14.0. The van der Waals surface area contributed by atoms with E-state index in [-0.39, 0.29) is 11.3 Å². The fourth-order valence-electron chi connectivity index (χ4n) is 3.88. The maximum atomic E-state index is 14.1. The van der Waals surface area contributed by atoms with Crippen LogP contribution in [0, 0.1) is 5.82 Å². The Bertz CT molecular complexity index is 1090. The van der Waals surface area contributed by atoms with Crippen LogP contribution in [0.1, 0.15) is 12.8 Å². The predicted molar refractivity (Wildman–Crippen MR) is 112 cm³/mol. The quantitative estimate of drug-likeness (QED) is 0.679. The first-order valence-electron chi connectivity index (χ1n) is 9.75. The highest BCUT2D eigenvalue weighted by atomic mass is 19.1. The Morgan fingerprint density at radius 1 is 1.10 bits per heavy atom. The second-order valence-corrected chi connectivity index (χ2v) is 7.63. The van der Waals surface area contributed by atoms with Gasteiger partial charge in [0.15, 0.2) is 11.6 Å². The third-order valence-corrected chi connectivity index (χ3v) is 5.65. The van der Waals surface area contributed by atoms with Crippen LogP contribution >= 0.6 is 0 Å². The summed E-state index contributed by atoms with van der Waals surface area (Å²) in [6, 6.07) is 10.6. The van der Waals surface area contributed by atoms with Crippen LogP contribution in [0.5, 0.6) is 5.75 Å². The highest BCUT2D eigenvalue weighted by molar-refractivity contribution is 5.66. The molecule has 0 saturated carbocycles. The summed E-state index contributed by atoms with van der Waals surface area (Å²) in [7, 11) is 5.64. The molecule has 4 rings (SSSR count). The van der Waals surface area contributed by atoms with Gasteiger partial charge in [0, 0.05) is 31.4 Å². The summed E-state index contributed by atoms with van der Waals surface area (Å²) in [4.78, 5) is 21.9. The van der Waals surface area contributed by atoms with Gasteiger partial charge in [-0.05, 0) is 62.3 Å². The Labute approximate surface area is 169 Å². The Kier molecular flexibility index (Phi) is 5.24. The van der Waals surface area contributed by atoms with Crippen molar-refractivity contribution in [3.63, 3.8) is 0 Å². The van der Waals surface area contributed by atoms with Gasteiger partial charge in [0.2, 0.25) is 0 Å². The lowest BCUT2D eigenvalue weighted by molar-refractivity contribution is 0.249. The molecule has 0 amide bonds. The number of piperidine rings is 1. The van der Waals surface area contributed by atoms with E-state index < -0.39 is 5.82 Å². The first kappa shape index (κ1) is 19.4. The highest BCUT2D eigenvalue weighted by Gasteiger charge is 2.22.